The molecule has 4 rings (SSSR count). The highest BCUT2D eigenvalue weighted by molar-refractivity contribution is 8.01. The van der Waals surface area contributed by atoms with Gasteiger partial charge >= 0.3 is 0 Å². The van der Waals surface area contributed by atoms with E-state index in [-0.39, 0.29) is 11.7 Å². The maximum atomic E-state index is 13.6. The number of benzene rings is 3. The van der Waals surface area contributed by atoms with Gasteiger partial charge in [-0.25, -0.2) is 4.79 Å². The molecule has 2 N–H and O–H groups in total. The fraction of sp³-hybridized carbons (Fsp3) is 0.172. The van der Waals surface area contributed by atoms with Crippen LogP contribution in [0.3, 0.4) is 0 Å². The first-order valence-corrected chi connectivity index (χ1v) is 12.7. The van der Waals surface area contributed by atoms with Gasteiger partial charge in [-0.1, -0.05) is 48.6 Å². The number of rotatable bonds is 8. The molecule has 5 heteroatoms. The standard InChI is InChI=1S/C29H27NO3S/c1-4-6-23(7-5-2)34(33,18-31)24-13-9-21(10-14-24)28-17-26(19(3)32)25-15-11-20-8-12-22(30)16-27(20)29(25)28/h4-5,8-17,23,28H,1-2,6-7,30H2,3H3. The summed E-state index contributed by atoms with van der Waals surface area (Å²) >= 11 is 0. The van der Waals surface area contributed by atoms with Crippen LogP contribution in [0.5, 0.6) is 0 Å². The minimum atomic E-state index is -3.07. The second-order valence-corrected chi connectivity index (χ2v) is 11.1. The predicted octanol–water partition coefficient (Wildman–Crippen LogP) is 5.77. The van der Waals surface area contributed by atoms with Crippen LogP contribution in [0.15, 0.2) is 90.9 Å². The SMILES string of the molecule is C=CCC(CC=C)S(=O)(=C=O)c1ccc(C2C=C(C(C)=O)c3ccc4ccc(N)cc4c32)cc1. The van der Waals surface area contributed by atoms with Crippen molar-refractivity contribution in [1.82, 2.24) is 0 Å². The first kappa shape index (κ1) is 23.5. The van der Waals surface area contributed by atoms with Gasteiger partial charge in [0.05, 0.1) is 9.52 Å². The van der Waals surface area contributed by atoms with E-state index in [1.54, 1.807) is 31.2 Å². The molecule has 0 saturated carbocycles. The van der Waals surface area contributed by atoms with Gasteiger partial charge < -0.3 is 5.73 Å². The van der Waals surface area contributed by atoms with Crippen LogP contribution < -0.4 is 5.73 Å². The van der Waals surface area contributed by atoms with Crippen LogP contribution in [0.1, 0.15) is 42.4 Å². The van der Waals surface area contributed by atoms with Gasteiger partial charge in [0.25, 0.3) is 0 Å². The molecule has 0 amide bonds. The summed E-state index contributed by atoms with van der Waals surface area (Å²) < 4.78 is 13.6. The lowest BCUT2D eigenvalue weighted by molar-refractivity contribution is -0.111. The molecule has 2 atom stereocenters. The number of anilines is 1. The van der Waals surface area contributed by atoms with E-state index in [2.05, 4.69) is 13.2 Å². The second-order valence-electron chi connectivity index (χ2n) is 8.55. The summed E-state index contributed by atoms with van der Waals surface area (Å²) in [5, 5.41) is 3.44. The van der Waals surface area contributed by atoms with Crippen LogP contribution in [0.2, 0.25) is 0 Å². The van der Waals surface area contributed by atoms with E-state index in [0.29, 0.717) is 29.0 Å². The minimum Gasteiger partial charge on any atom is -0.399 e. The molecule has 0 radical (unpaired) electrons. The molecule has 3 aromatic carbocycles. The summed E-state index contributed by atoms with van der Waals surface area (Å²) in [5.41, 5.74) is 10.3. The lowest BCUT2D eigenvalue weighted by Crippen LogP contribution is -2.21. The van der Waals surface area contributed by atoms with Gasteiger partial charge in [0.1, 0.15) is 0 Å². The first-order chi connectivity index (χ1) is 16.3. The number of ketones is 1. The zero-order chi connectivity index (χ0) is 24.5. The molecule has 0 heterocycles. The van der Waals surface area contributed by atoms with Gasteiger partial charge in [-0.3, -0.25) is 9.00 Å². The smallest absolute Gasteiger partial charge is 0.191 e. The van der Waals surface area contributed by atoms with Crippen LogP contribution in [0, 0.1) is 0 Å². The Morgan fingerprint density at radius 3 is 2.32 bits per heavy atom. The van der Waals surface area contributed by atoms with Gasteiger partial charge in [0.15, 0.2) is 11.0 Å². The molecule has 0 bridgehead atoms. The van der Waals surface area contributed by atoms with E-state index in [1.807, 2.05) is 53.8 Å². The highest BCUT2D eigenvalue weighted by Gasteiger charge is 2.29. The van der Waals surface area contributed by atoms with Gasteiger partial charge in [-0.15, -0.1) is 13.2 Å². The molecule has 2 unspecified atom stereocenters. The van der Waals surface area contributed by atoms with Crippen molar-refractivity contribution in [3.63, 3.8) is 0 Å². The summed E-state index contributed by atoms with van der Waals surface area (Å²) in [5.74, 6) is -0.166. The fourth-order valence-electron chi connectivity index (χ4n) is 4.77. The summed E-state index contributed by atoms with van der Waals surface area (Å²) in [6, 6.07) is 17.0. The van der Waals surface area contributed by atoms with E-state index in [1.165, 1.54) is 0 Å². The average molecular weight is 470 g/mol. The zero-order valence-electron chi connectivity index (χ0n) is 19.1. The fourth-order valence-corrected chi connectivity index (χ4v) is 6.74. The second kappa shape index (κ2) is 9.30. The quantitative estimate of drug-likeness (QED) is 0.258. The molecular formula is C29H27NO3S. The lowest BCUT2D eigenvalue weighted by atomic mass is 9.88. The lowest BCUT2D eigenvalue weighted by Gasteiger charge is -2.19. The highest BCUT2D eigenvalue weighted by atomic mass is 32.2. The van der Waals surface area contributed by atoms with Crippen molar-refractivity contribution in [2.24, 2.45) is 0 Å². The van der Waals surface area contributed by atoms with Gasteiger partial charge in [-0.05, 0) is 71.5 Å². The number of carbonyl (C=O) groups excluding carboxylic acids is 2. The Morgan fingerprint density at radius 1 is 1.09 bits per heavy atom. The molecule has 172 valence electrons. The molecule has 1 aliphatic carbocycles. The molecule has 0 aliphatic heterocycles. The predicted molar refractivity (Wildman–Crippen MR) is 141 cm³/mol. The van der Waals surface area contributed by atoms with Crippen LogP contribution in [-0.4, -0.2) is 20.5 Å². The number of allylic oxidation sites excluding steroid dienone is 4. The number of Topliss-reactive ketones (excluding diaryl/α,β-unsaturated/α-hetero) is 1. The zero-order valence-corrected chi connectivity index (χ0v) is 19.9. The Bertz CT molecular complexity index is 1470. The Labute approximate surface area is 200 Å². The summed E-state index contributed by atoms with van der Waals surface area (Å²) in [6.45, 7) is 9.03. The van der Waals surface area contributed by atoms with Crippen molar-refractivity contribution in [2.75, 3.05) is 5.73 Å². The monoisotopic (exact) mass is 469 g/mol. The Morgan fingerprint density at radius 2 is 1.74 bits per heavy atom. The molecule has 0 spiro atoms. The van der Waals surface area contributed by atoms with E-state index in [0.717, 1.165) is 27.5 Å². The third-order valence-corrected chi connectivity index (χ3v) is 8.99. The maximum Gasteiger partial charge on any atom is 0.191 e. The number of fused-ring (bicyclic) bond motifs is 3. The molecule has 1 aliphatic rings. The number of nitrogen functional groups attached to an aromatic ring is 1. The number of carbonyl (C=O) groups is 1. The van der Waals surface area contributed by atoms with Crippen molar-refractivity contribution in [3.8, 4) is 0 Å². The average Bonchev–Trinajstić information content (AvgIpc) is 3.24. The van der Waals surface area contributed by atoms with Crippen LogP contribution in [0.4, 0.5) is 5.69 Å². The van der Waals surface area contributed by atoms with Gasteiger partial charge in [-0.2, -0.15) is 0 Å². The van der Waals surface area contributed by atoms with Crippen molar-refractivity contribution >= 4 is 42.6 Å². The van der Waals surface area contributed by atoms with Crippen LogP contribution in [-0.2, 0) is 19.1 Å². The topological polar surface area (TPSA) is 77.2 Å². The van der Waals surface area contributed by atoms with E-state index in [9.17, 15) is 13.8 Å². The van der Waals surface area contributed by atoms with Crippen molar-refractivity contribution in [3.05, 3.63) is 103 Å². The molecule has 0 fully saturated rings. The summed E-state index contributed by atoms with van der Waals surface area (Å²) in [4.78, 5) is 24.8. The Hall–Kier alpha value is -3.66. The summed E-state index contributed by atoms with van der Waals surface area (Å²) in [7, 11) is -3.07. The minimum absolute atomic E-state index is 0.00103. The summed E-state index contributed by atoms with van der Waals surface area (Å²) in [6.07, 6.45) is 6.16. The van der Waals surface area contributed by atoms with Crippen molar-refractivity contribution in [2.45, 2.75) is 35.8 Å². The molecule has 0 saturated heterocycles. The molecule has 34 heavy (non-hydrogen) atoms. The van der Waals surface area contributed by atoms with Crippen molar-refractivity contribution < 1.29 is 13.8 Å². The third-order valence-electron chi connectivity index (χ3n) is 6.44. The molecule has 0 aromatic heterocycles. The Kier molecular flexibility index (Phi) is 6.43. The maximum absolute atomic E-state index is 13.6. The number of hydrogen-bond acceptors (Lipinski definition) is 4. The van der Waals surface area contributed by atoms with E-state index >= 15 is 0 Å². The van der Waals surface area contributed by atoms with Gasteiger partial charge in [0.2, 0.25) is 0 Å². The largest absolute Gasteiger partial charge is 0.399 e. The number of hydrogen-bond donors (Lipinski definition) is 1. The molecule has 4 nitrogen and oxygen atoms in total. The van der Waals surface area contributed by atoms with Crippen LogP contribution >= 0.6 is 0 Å². The van der Waals surface area contributed by atoms with E-state index < -0.39 is 14.8 Å². The van der Waals surface area contributed by atoms with Crippen molar-refractivity contribution in [1.29, 1.82) is 0 Å². The Balaban J connectivity index is 1.84. The normalized spacial score (nSPS) is 16.4. The molecule has 3 aromatic rings. The van der Waals surface area contributed by atoms with Gasteiger partial charge in [0, 0.05) is 27.3 Å². The first-order valence-electron chi connectivity index (χ1n) is 11.1. The highest BCUT2D eigenvalue weighted by Crippen LogP contribution is 2.44. The molecular weight excluding hydrogens is 442 g/mol. The van der Waals surface area contributed by atoms with Crippen LogP contribution in [0.25, 0.3) is 16.3 Å². The number of nitrogens with two attached hydrogens (primary N) is 1. The third kappa shape index (κ3) is 3.94. The van der Waals surface area contributed by atoms with E-state index in [4.69, 9.17) is 5.73 Å².